The number of halogens is 3. The predicted octanol–water partition coefficient (Wildman–Crippen LogP) is 3.35. The first kappa shape index (κ1) is 14.5. The van der Waals surface area contributed by atoms with Gasteiger partial charge in [-0.1, -0.05) is 29.3 Å². The van der Waals surface area contributed by atoms with Crippen molar-refractivity contribution in [1.29, 1.82) is 0 Å². The van der Waals surface area contributed by atoms with Gasteiger partial charge >= 0.3 is 0 Å². The van der Waals surface area contributed by atoms with Gasteiger partial charge in [-0.3, -0.25) is 4.72 Å². The Kier molecular flexibility index (Phi) is 4.29. The molecule has 0 bridgehead atoms. The number of anilines is 1. The average molecular weight is 383 g/mol. The standard InChI is InChI=1S/C10H6BrCl2N3O2S/c11-8-4-15-9(5-14-8)16-19(17,18)7-3-1-2-6(12)10(7)13/h1-5H,(H,15,16). The molecule has 0 spiro atoms. The Morgan fingerprint density at radius 3 is 2.53 bits per heavy atom. The van der Waals surface area contributed by atoms with Crippen LogP contribution in [0.4, 0.5) is 5.82 Å². The third kappa shape index (κ3) is 3.36. The van der Waals surface area contributed by atoms with Gasteiger partial charge < -0.3 is 0 Å². The minimum absolute atomic E-state index is 0.0401. The van der Waals surface area contributed by atoms with E-state index in [0.29, 0.717) is 4.60 Å². The van der Waals surface area contributed by atoms with Crippen LogP contribution in [0.1, 0.15) is 0 Å². The lowest BCUT2D eigenvalue weighted by molar-refractivity contribution is 0.601. The maximum atomic E-state index is 12.1. The maximum Gasteiger partial charge on any atom is 0.264 e. The van der Waals surface area contributed by atoms with Crippen LogP contribution in [-0.2, 0) is 10.0 Å². The minimum atomic E-state index is -3.86. The Morgan fingerprint density at radius 2 is 1.89 bits per heavy atom. The van der Waals surface area contributed by atoms with Crippen molar-refractivity contribution in [3.05, 3.63) is 45.2 Å². The Balaban J connectivity index is 2.38. The van der Waals surface area contributed by atoms with E-state index >= 15 is 0 Å². The molecule has 0 aliphatic carbocycles. The summed E-state index contributed by atoms with van der Waals surface area (Å²) in [5.41, 5.74) is 0. The zero-order chi connectivity index (χ0) is 14.0. The fourth-order valence-corrected chi connectivity index (χ4v) is 3.21. The van der Waals surface area contributed by atoms with E-state index in [-0.39, 0.29) is 20.8 Å². The van der Waals surface area contributed by atoms with Gasteiger partial charge in [-0.15, -0.1) is 0 Å². The molecule has 0 radical (unpaired) electrons. The molecular formula is C10H6BrCl2N3O2S. The highest BCUT2D eigenvalue weighted by molar-refractivity contribution is 9.10. The molecule has 19 heavy (non-hydrogen) atoms. The molecule has 0 atom stereocenters. The van der Waals surface area contributed by atoms with E-state index in [1.807, 2.05) is 0 Å². The van der Waals surface area contributed by atoms with Crippen LogP contribution in [-0.4, -0.2) is 18.4 Å². The van der Waals surface area contributed by atoms with Crippen molar-refractivity contribution in [3.63, 3.8) is 0 Å². The number of rotatable bonds is 3. The number of nitrogens with zero attached hydrogens (tertiary/aromatic N) is 2. The number of sulfonamides is 1. The highest BCUT2D eigenvalue weighted by Gasteiger charge is 2.20. The first-order valence-corrected chi connectivity index (χ1v) is 7.88. The van der Waals surface area contributed by atoms with Crippen molar-refractivity contribution in [2.75, 3.05) is 4.72 Å². The number of aromatic nitrogens is 2. The number of hydrogen-bond acceptors (Lipinski definition) is 4. The van der Waals surface area contributed by atoms with Gasteiger partial charge in [0.25, 0.3) is 10.0 Å². The normalized spacial score (nSPS) is 11.3. The van der Waals surface area contributed by atoms with Gasteiger partial charge in [0, 0.05) is 0 Å². The fraction of sp³-hybridized carbons (Fsp3) is 0. The molecule has 5 nitrogen and oxygen atoms in total. The predicted molar refractivity (Wildman–Crippen MR) is 77.0 cm³/mol. The highest BCUT2D eigenvalue weighted by atomic mass is 79.9. The Bertz CT molecular complexity index is 707. The monoisotopic (exact) mass is 381 g/mol. The highest BCUT2D eigenvalue weighted by Crippen LogP contribution is 2.29. The quantitative estimate of drug-likeness (QED) is 0.883. The Hall–Kier alpha value is -0.890. The molecule has 2 aromatic rings. The number of hydrogen-bond donors (Lipinski definition) is 1. The van der Waals surface area contributed by atoms with Crippen LogP contribution in [0.3, 0.4) is 0 Å². The third-order valence-electron chi connectivity index (χ3n) is 2.06. The van der Waals surface area contributed by atoms with E-state index in [1.165, 1.54) is 30.6 Å². The lowest BCUT2D eigenvalue weighted by Crippen LogP contribution is -2.14. The summed E-state index contributed by atoms with van der Waals surface area (Å²) in [6, 6.07) is 4.35. The van der Waals surface area contributed by atoms with Crippen LogP contribution in [0.15, 0.2) is 40.1 Å². The van der Waals surface area contributed by atoms with Crippen LogP contribution >= 0.6 is 39.1 Å². The van der Waals surface area contributed by atoms with E-state index in [1.54, 1.807) is 0 Å². The summed E-state index contributed by atoms with van der Waals surface area (Å²) in [5, 5.41) is 0.119. The van der Waals surface area contributed by atoms with Gasteiger partial charge in [-0.2, -0.15) is 0 Å². The molecule has 1 N–H and O–H groups in total. The molecule has 1 aromatic heterocycles. The molecule has 0 saturated carbocycles. The second-order valence-corrected chi connectivity index (χ2v) is 6.63. The topological polar surface area (TPSA) is 72.0 Å². The molecule has 0 unspecified atom stereocenters. The van der Waals surface area contributed by atoms with E-state index in [2.05, 4.69) is 30.6 Å². The molecule has 0 saturated heterocycles. The minimum Gasteiger partial charge on any atom is -0.262 e. The van der Waals surface area contributed by atoms with Crippen molar-refractivity contribution in [3.8, 4) is 0 Å². The molecule has 1 heterocycles. The fourth-order valence-electron chi connectivity index (χ4n) is 1.25. The molecule has 0 amide bonds. The zero-order valence-corrected chi connectivity index (χ0v) is 13.1. The average Bonchev–Trinajstić information content (AvgIpc) is 2.35. The van der Waals surface area contributed by atoms with Crippen LogP contribution < -0.4 is 4.72 Å². The van der Waals surface area contributed by atoms with Gasteiger partial charge in [0.05, 0.1) is 22.4 Å². The lowest BCUT2D eigenvalue weighted by Gasteiger charge is -2.09. The Labute approximate surface area is 128 Å². The van der Waals surface area contributed by atoms with E-state index in [0.717, 1.165) is 0 Å². The number of nitrogens with one attached hydrogen (secondary N) is 1. The van der Waals surface area contributed by atoms with Crippen LogP contribution in [0, 0.1) is 0 Å². The van der Waals surface area contributed by atoms with Gasteiger partial charge in [0.2, 0.25) is 0 Å². The number of benzene rings is 1. The van der Waals surface area contributed by atoms with Crippen LogP contribution in [0.25, 0.3) is 0 Å². The second-order valence-electron chi connectivity index (χ2n) is 3.38. The maximum absolute atomic E-state index is 12.1. The summed E-state index contributed by atoms with van der Waals surface area (Å²) in [6.45, 7) is 0. The van der Waals surface area contributed by atoms with Crippen molar-refractivity contribution >= 4 is 55.0 Å². The van der Waals surface area contributed by atoms with Gasteiger partial charge in [0.15, 0.2) is 5.82 Å². The summed E-state index contributed by atoms with van der Waals surface area (Å²) < 4.78 is 27.0. The molecule has 100 valence electrons. The summed E-state index contributed by atoms with van der Waals surface area (Å²) in [5.74, 6) is 0.0826. The van der Waals surface area contributed by atoms with E-state index in [4.69, 9.17) is 23.2 Å². The first-order chi connectivity index (χ1) is 8.90. The van der Waals surface area contributed by atoms with Crippen molar-refractivity contribution < 1.29 is 8.42 Å². The third-order valence-corrected chi connectivity index (χ3v) is 4.80. The van der Waals surface area contributed by atoms with Crippen molar-refractivity contribution in [1.82, 2.24) is 9.97 Å². The molecule has 0 aliphatic rings. The van der Waals surface area contributed by atoms with Gasteiger partial charge in [-0.25, -0.2) is 18.4 Å². The second kappa shape index (κ2) is 5.62. The molecular weight excluding hydrogens is 377 g/mol. The molecule has 0 fully saturated rings. The van der Waals surface area contributed by atoms with Gasteiger partial charge in [0.1, 0.15) is 9.50 Å². The largest absolute Gasteiger partial charge is 0.264 e. The van der Waals surface area contributed by atoms with Crippen molar-refractivity contribution in [2.24, 2.45) is 0 Å². The van der Waals surface area contributed by atoms with E-state index in [9.17, 15) is 8.42 Å². The summed E-state index contributed by atoms with van der Waals surface area (Å²) in [4.78, 5) is 7.61. The summed E-state index contributed by atoms with van der Waals surface area (Å²) in [6.07, 6.45) is 2.65. The van der Waals surface area contributed by atoms with Crippen molar-refractivity contribution in [2.45, 2.75) is 4.90 Å². The summed E-state index contributed by atoms with van der Waals surface area (Å²) >= 11 is 14.8. The molecule has 1 aromatic carbocycles. The summed E-state index contributed by atoms with van der Waals surface area (Å²) in [7, 11) is -3.86. The zero-order valence-electron chi connectivity index (χ0n) is 9.14. The smallest absolute Gasteiger partial charge is 0.262 e. The molecule has 9 heteroatoms. The Morgan fingerprint density at radius 1 is 1.16 bits per heavy atom. The van der Waals surface area contributed by atoms with E-state index < -0.39 is 10.0 Å². The first-order valence-electron chi connectivity index (χ1n) is 4.84. The van der Waals surface area contributed by atoms with Crippen LogP contribution in [0.2, 0.25) is 10.0 Å². The lowest BCUT2D eigenvalue weighted by atomic mass is 10.4. The van der Waals surface area contributed by atoms with Crippen LogP contribution in [0.5, 0.6) is 0 Å². The molecule has 0 aliphatic heterocycles. The SMILES string of the molecule is O=S(=O)(Nc1cnc(Br)cn1)c1cccc(Cl)c1Cl. The molecule has 2 rings (SSSR count). The van der Waals surface area contributed by atoms with Gasteiger partial charge in [-0.05, 0) is 28.1 Å².